The van der Waals surface area contributed by atoms with Crippen molar-refractivity contribution in [3.8, 4) is 5.75 Å². The summed E-state index contributed by atoms with van der Waals surface area (Å²) in [6.45, 7) is 0. The van der Waals surface area contributed by atoms with E-state index in [0.717, 1.165) is 5.56 Å². The van der Waals surface area contributed by atoms with Gasteiger partial charge in [0.1, 0.15) is 5.75 Å². The Hall–Kier alpha value is -3.73. The molecule has 0 saturated heterocycles. The third-order valence-corrected chi connectivity index (χ3v) is 3.75. The number of esters is 2. The largest absolute Gasteiger partial charge is 0.465 e. The number of nitrogens with zero attached hydrogens (tertiary/aromatic N) is 1. The van der Waals surface area contributed by atoms with E-state index in [9.17, 15) is 9.59 Å². The van der Waals surface area contributed by atoms with Crippen LogP contribution in [0.1, 0.15) is 26.3 Å². The number of carbonyl (C=O) groups excluding carboxylic acids is 2. The van der Waals surface area contributed by atoms with Gasteiger partial charge in [-0.3, -0.25) is 4.99 Å². The Morgan fingerprint density at radius 3 is 2.04 bits per heavy atom. The zero-order chi connectivity index (χ0) is 19.1. The van der Waals surface area contributed by atoms with Crippen LogP contribution in [0.3, 0.4) is 0 Å². The number of rotatable bonds is 5. The van der Waals surface area contributed by atoms with Crippen molar-refractivity contribution in [2.75, 3.05) is 7.11 Å². The normalized spacial score (nSPS) is 10.6. The Bertz CT molecular complexity index is 946. The number of methoxy groups -OCH3 is 1. The monoisotopic (exact) mass is 359 g/mol. The van der Waals surface area contributed by atoms with Crippen LogP contribution in [0.5, 0.6) is 5.75 Å². The number of carbonyl (C=O) groups is 2. The summed E-state index contributed by atoms with van der Waals surface area (Å²) in [5.74, 6) is -0.322. The zero-order valence-corrected chi connectivity index (χ0v) is 14.7. The molecule has 0 atom stereocenters. The summed E-state index contributed by atoms with van der Waals surface area (Å²) in [5, 5.41) is 0. The molecule has 0 unspecified atom stereocenters. The second-order valence-corrected chi connectivity index (χ2v) is 5.62. The second-order valence-electron chi connectivity index (χ2n) is 5.62. The van der Waals surface area contributed by atoms with Gasteiger partial charge in [0, 0.05) is 6.21 Å². The Kier molecular flexibility index (Phi) is 5.74. The van der Waals surface area contributed by atoms with Gasteiger partial charge in [0.05, 0.1) is 23.9 Å². The van der Waals surface area contributed by atoms with Crippen LogP contribution in [-0.4, -0.2) is 25.3 Å². The number of aliphatic imine (C=N–C) groups is 1. The van der Waals surface area contributed by atoms with Crippen LogP contribution in [0.15, 0.2) is 83.9 Å². The van der Waals surface area contributed by atoms with Crippen molar-refractivity contribution in [3.05, 3.63) is 95.6 Å². The van der Waals surface area contributed by atoms with Crippen molar-refractivity contribution in [2.45, 2.75) is 0 Å². The zero-order valence-electron chi connectivity index (χ0n) is 14.7. The highest BCUT2D eigenvalue weighted by Crippen LogP contribution is 2.16. The van der Waals surface area contributed by atoms with Crippen LogP contribution >= 0.6 is 0 Å². The molecule has 5 heteroatoms. The smallest absolute Gasteiger partial charge is 0.343 e. The van der Waals surface area contributed by atoms with Crippen LogP contribution in [0.25, 0.3) is 0 Å². The van der Waals surface area contributed by atoms with E-state index in [-0.39, 0.29) is 5.97 Å². The van der Waals surface area contributed by atoms with Crippen LogP contribution < -0.4 is 4.74 Å². The summed E-state index contributed by atoms with van der Waals surface area (Å²) < 4.78 is 10.00. The molecule has 134 valence electrons. The van der Waals surface area contributed by atoms with E-state index in [1.165, 1.54) is 7.11 Å². The molecule has 27 heavy (non-hydrogen) atoms. The Labute approximate surface area is 156 Å². The van der Waals surface area contributed by atoms with E-state index < -0.39 is 5.97 Å². The summed E-state index contributed by atoms with van der Waals surface area (Å²) in [7, 11) is 1.34. The molecule has 0 aliphatic heterocycles. The fourth-order valence-electron chi connectivity index (χ4n) is 2.31. The lowest BCUT2D eigenvalue weighted by molar-refractivity contribution is 0.0600. The Morgan fingerprint density at radius 2 is 1.41 bits per heavy atom. The van der Waals surface area contributed by atoms with Crippen molar-refractivity contribution in [1.29, 1.82) is 0 Å². The molecule has 3 aromatic carbocycles. The summed E-state index contributed by atoms with van der Waals surface area (Å²) in [4.78, 5) is 27.8. The second kappa shape index (κ2) is 8.58. The van der Waals surface area contributed by atoms with Gasteiger partial charge in [-0.25, -0.2) is 9.59 Å². The maximum Gasteiger partial charge on any atom is 0.343 e. The molecule has 0 radical (unpaired) electrons. The molecule has 0 aliphatic rings. The van der Waals surface area contributed by atoms with E-state index in [1.807, 2.05) is 6.07 Å². The average Bonchev–Trinajstić information content (AvgIpc) is 2.73. The SMILES string of the molecule is COC(=O)c1ccc(N=Cc2ccc(OC(=O)c3ccccc3)cc2)cc1. The van der Waals surface area contributed by atoms with Gasteiger partial charge >= 0.3 is 11.9 Å². The first-order chi connectivity index (χ1) is 13.2. The molecule has 0 N–H and O–H groups in total. The first-order valence-electron chi connectivity index (χ1n) is 8.25. The Morgan fingerprint density at radius 1 is 0.778 bits per heavy atom. The third kappa shape index (κ3) is 4.89. The molecule has 0 aromatic heterocycles. The Balaban J connectivity index is 1.62. The van der Waals surface area contributed by atoms with Gasteiger partial charge in [-0.1, -0.05) is 18.2 Å². The van der Waals surface area contributed by atoms with Crippen molar-refractivity contribution in [1.82, 2.24) is 0 Å². The van der Waals surface area contributed by atoms with E-state index in [2.05, 4.69) is 9.73 Å². The minimum absolute atomic E-state index is 0.383. The molecule has 0 spiro atoms. The molecular formula is C22H17NO4. The lowest BCUT2D eigenvalue weighted by atomic mass is 10.2. The van der Waals surface area contributed by atoms with Crippen LogP contribution in [0.2, 0.25) is 0 Å². The highest BCUT2D eigenvalue weighted by Gasteiger charge is 2.07. The molecule has 0 amide bonds. The fraction of sp³-hybridized carbons (Fsp3) is 0.0455. The molecular weight excluding hydrogens is 342 g/mol. The van der Waals surface area contributed by atoms with Crippen LogP contribution in [-0.2, 0) is 4.74 Å². The topological polar surface area (TPSA) is 65.0 Å². The van der Waals surface area contributed by atoms with Crippen molar-refractivity contribution in [2.24, 2.45) is 4.99 Å². The number of benzene rings is 3. The number of hydrogen-bond acceptors (Lipinski definition) is 5. The predicted octanol–water partition coefficient (Wildman–Crippen LogP) is 4.44. The molecule has 0 saturated carbocycles. The highest BCUT2D eigenvalue weighted by atomic mass is 16.5. The fourth-order valence-corrected chi connectivity index (χ4v) is 2.31. The minimum Gasteiger partial charge on any atom is -0.465 e. The third-order valence-electron chi connectivity index (χ3n) is 3.75. The van der Waals surface area contributed by atoms with E-state index in [4.69, 9.17) is 4.74 Å². The van der Waals surface area contributed by atoms with Gasteiger partial charge in [-0.15, -0.1) is 0 Å². The van der Waals surface area contributed by atoms with Gasteiger partial charge in [0.15, 0.2) is 0 Å². The van der Waals surface area contributed by atoms with Crippen molar-refractivity contribution >= 4 is 23.8 Å². The number of ether oxygens (including phenoxy) is 2. The molecule has 0 heterocycles. The molecule has 5 nitrogen and oxygen atoms in total. The van der Waals surface area contributed by atoms with Gasteiger partial charge in [-0.2, -0.15) is 0 Å². The first-order valence-corrected chi connectivity index (χ1v) is 8.25. The van der Waals surface area contributed by atoms with E-state index in [0.29, 0.717) is 22.6 Å². The molecule has 0 bridgehead atoms. The summed E-state index contributed by atoms with van der Waals surface area (Å²) in [6.07, 6.45) is 1.69. The van der Waals surface area contributed by atoms with Crippen molar-refractivity contribution < 1.29 is 19.1 Å². The summed E-state index contributed by atoms with van der Waals surface area (Å²) >= 11 is 0. The molecule has 3 rings (SSSR count). The van der Waals surface area contributed by atoms with Gasteiger partial charge in [0.2, 0.25) is 0 Å². The lowest BCUT2D eigenvalue weighted by Gasteiger charge is -2.04. The minimum atomic E-state index is -0.400. The van der Waals surface area contributed by atoms with Gasteiger partial charge in [-0.05, 0) is 66.2 Å². The molecule has 0 aliphatic carbocycles. The maximum absolute atomic E-state index is 12.0. The molecule has 3 aromatic rings. The van der Waals surface area contributed by atoms with E-state index in [1.54, 1.807) is 79.0 Å². The summed E-state index contributed by atoms with van der Waals surface area (Å²) in [5.41, 5.74) is 2.54. The maximum atomic E-state index is 12.0. The van der Waals surface area contributed by atoms with Crippen molar-refractivity contribution in [3.63, 3.8) is 0 Å². The standard InChI is InChI=1S/C22H17NO4/c1-26-21(24)18-9-11-19(12-10-18)23-15-16-7-13-20(14-8-16)27-22(25)17-5-3-2-4-6-17/h2-15H,1H3. The average molecular weight is 359 g/mol. The predicted molar refractivity (Wildman–Crippen MR) is 103 cm³/mol. The first kappa shape index (κ1) is 18.1. The van der Waals surface area contributed by atoms with E-state index >= 15 is 0 Å². The highest BCUT2D eigenvalue weighted by molar-refractivity contribution is 5.91. The lowest BCUT2D eigenvalue weighted by Crippen LogP contribution is -2.07. The summed E-state index contributed by atoms with van der Waals surface area (Å²) in [6, 6.07) is 22.6. The van der Waals surface area contributed by atoms with Gasteiger partial charge < -0.3 is 9.47 Å². The van der Waals surface area contributed by atoms with Gasteiger partial charge in [0.25, 0.3) is 0 Å². The van der Waals surface area contributed by atoms with Crippen LogP contribution in [0.4, 0.5) is 5.69 Å². The number of hydrogen-bond donors (Lipinski definition) is 0. The van der Waals surface area contributed by atoms with Crippen LogP contribution in [0, 0.1) is 0 Å². The quantitative estimate of drug-likeness (QED) is 0.384. The molecule has 0 fully saturated rings.